The number of anilines is 4. The molecule has 1 aromatic heterocycles. The highest BCUT2D eigenvalue weighted by atomic mass is 15.2. The molecule has 1 N–H and O–H groups in total. The third kappa shape index (κ3) is 4.03. The molecule has 0 unspecified atom stereocenters. The van der Waals surface area contributed by atoms with Crippen molar-refractivity contribution in [3.05, 3.63) is 35.7 Å². The van der Waals surface area contributed by atoms with Gasteiger partial charge in [0.1, 0.15) is 17.5 Å². The van der Waals surface area contributed by atoms with Crippen LogP contribution in [-0.2, 0) is 0 Å². The van der Waals surface area contributed by atoms with E-state index < -0.39 is 0 Å². The molecule has 1 saturated heterocycles. The van der Waals surface area contributed by atoms with Gasteiger partial charge in [-0.05, 0) is 64.3 Å². The number of nitrogens with one attached hydrogen (secondary N) is 1. The number of rotatable bonds is 6. The fraction of sp³-hybridized carbons (Fsp3) is 0.500. The Balaban J connectivity index is 1.82. The maximum atomic E-state index is 4.61. The fourth-order valence-corrected chi connectivity index (χ4v) is 3.44. The first-order valence-corrected chi connectivity index (χ1v) is 9.34. The Kier molecular flexibility index (Phi) is 5.41. The van der Waals surface area contributed by atoms with Crippen LogP contribution in [0.25, 0.3) is 0 Å². The molecular weight excluding hydrogens is 310 g/mol. The monoisotopic (exact) mass is 339 g/mol. The summed E-state index contributed by atoms with van der Waals surface area (Å²) in [6.07, 6.45) is 2.50. The molecule has 2 heterocycles. The van der Waals surface area contributed by atoms with Gasteiger partial charge >= 0.3 is 0 Å². The van der Waals surface area contributed by atoms with Gasteiger partial charge in [0.2, 0.25) is 0 Å². The molecule has 5 heteroatoms. The molecule has 0 aliphatic carbocycles. The molecule has 3 rings (SSSR count). The van der Waals surface area contributed by atoms with E-state index in [1.165, 1.54) is 24.1 Å². The summed E-state index contributed by atoms with van der Waals surface area (Å²) in [5.41, 5.74) is 3.59. The summed E-state index contributed by atoms with van der Waals surface area (Å²) in [7, 11) is 0. The van der Waals surface area contributed by atoms with E-state index in [1.54, 1.807) is 0 Å². The molecule has 0 atom stereocenters. The predicted molar refractivity (Wildman–Crippen MR) is 106 cm³/mol. The molecule has 134 valence electrons. The summed E-state index contributed by atoms with van der Waals surface area (Å²) in [4.78, 5) is 13.9. The highest BCUT2D eigenvalue weighted by Crippen LogP contribution is 2.27. The third-order valence-corrected chi connectivity index (χ3v) is 4.86. The lowest BCUT2D eigenvalue weighted by molar-refractivity contribution is 0.866. The number of nitrogens with zero attached hydrogens (tertiary/aromatic N) is 4. The maximum Gasteiger partial charge on any atom is 0.136 e. The normalized spacial score (nSPS) is 14.0. The van der Waals surface area contributed by atoms with Gasteiger partial charge in [0.15, 0.2) is 0 Å². The lowest BCUT2D eigenvalue weighted by atomic mass is 10.1. The summed E-state index contributed by atoms with van der Waals surface area (Å²) in [5.74, 6) is 2.71. The van der Waals surface area contributed by atoms with Crippen molar-refractivity contribution in [3.8, 4) is 0 Å². The number of benzene rings is 1. The van der Waals surface area contributed by atoms with Gasteiger partial charge < -0.3 is 15.1 Å². The van der Waals surface area contributed by atoms with Gasteiger partial charge in [-0.15, -0.1) is 0 Å². The van der Waals surface area contributed by atoms with Gasteiger partial charge in [-0.2, -0.15) is 0 Å². The Labute approximate surface area is 151 Å². The average molecular weight is 339 g/mol. The van der Waals surface area contributed by atoms with Crippen LogP contribution in [0.5, 0.6) is 0 Å². The van der Waals surface area contributed by atoms with E-state index in [9.17, 15) is 0 Å². The highest BCUT2D eigenvalue weighted by molar-refractivity contribution is 5.66. The van der Waals surface area contributed by atoms with Crippen molar-refractivity contribution in [2.24, 2.45) is 0 Å². The zero-order valence-electron chi connectivity index (χ0n) is 15.8. The zero-order chi connectivity index (χ0) is 17.8. The van der Waals surface area contributed by atoms with E-state index in [1.807, 2.05) is 6.92 Å². The molecule has 0 radical (unpaired) electrons. The van der Waals surface area contributed by atoms with Crippen molar-refractivity contribution >= 4 is 23.0 Å². The Hall–Kier alpha value is -2.30. The van der Waals surface area contributed by atoms with Crippen molar-refractivity contribution in [3.63, 3.8) is 0 Å². The van der Waals surface area contributed by atoms with Gasteiger partial charge in [-0.25, -0.2) is 9.97 Å². The average Bonchev–Trinajstić information content (AvgIpc) is 3.12. The molecule has 1 aliphatic heterocycles. The molecular formula is C20H29N5. The molecule has 0 saturated carbocycles. The van der Waals surface area contributed by atoms with Crippen molar-refractivity contribution in [1.29, 1.82) is 0 Å². The summed E-state index contributed by atoms with van der Waals surface area (Å²) in [6.45, 7) is 12.7. The lowest BCUT2D eigenvalue weighted by Gasteiger charge is -2.22. The summed E-state index contributed by atoms with van der Waals surface area (Å²) < 4.78 is 0. The number of hydrogen-bond acceptors (Lipinski definition) is 5. The minimum Gasteiger partial charge on any atom is -0.372 e. The third-order valence-electron chi connectivity index (χ3n) is 4.86. The van der Waals surface area contributed by atoms with Gasteiger partial charge in [-0.3, -0.25) is 0 Å². The van der Waals surface area contributed by atoms with E-state index in [4.69, 9.17) is 0 Å². The molecule has 0 bridgehead atoms. The second-order valence-corrected chi connectivity index (χ2v) is 6.65. The molecule has 2 aromatic rings. The minimum atomic E-state index is 0.810. The van der Waals surface area contributed by atoms with E-state index in [2.05, 4.69) is 70.1 Å². The van der Waals surface area contributed by atoms with Crippen LogP contribution in [0.15, 0.2) is 24.3 Å². The minimum absolute atomic E-state index is 0.810. The molecule has 0 spiro atoms. The smallest absolute Gasteiger partial charge is 0.136 e. The van der Waals surface area contributed by atoms with Gasteiger partial charge in [0.05, 0.1) is 0 Å². The second-order valence-electron chi connectivity index (χ2n) is 6.65. The van der Waals surface area contributed by atoms with Crippen LogP contribution in [0.1, 0.15) is 38.1 Å². The van der Waals surface area contributed by atoms with Crippen LogP contribution in [0.4, 0.5) is 23.0 Å². The van der Waals surface area contributed by atoms with E-state index in [-0.39, 0.29) is 0 Å². The van der Waals surface area contributed by atoms with Crippen LogP contribution in [0, 0.1) is 13.8 Å². The number of aryl methyl sites for hydroxylation is 2. The molecule has 0 amide bonds. The van der Waals surface area contributed by atoms with Crippen molar-refractivity contribution in [1.82, 2.24) is 9.97 Å². The Morgan fingerprint density at radius 3 is 2.40 bits per heavy atom. The SMILES string of the molecule is CCN(CC)c1ccc(Nc2cc(N3CCCC3)nc(C)n2)c(C)c1. The highest BCUT2D eigenvalue weighted by Gasteiger charge is 2.15. The molecule has 1 aliphatic rings. The Morgan fingerprint density at radius 2 is 1.76 bits per heavy atom. The van der Waals surface area contributed by atoms with Crippen LogP contribution in [0.3, 0.4) is 0 Å². The van der Waals surface area contributed by atoms with E-state index in [0.29, 0.717) is 0 Å². The van der Waals surface area contributed by atoms with Crippen LogP contribution in [-0.4, -0.2) is 36.1 Å². The first kappa shape index (κ1) is 17.5. The predicted octanol–water partition coefficient (Wildman–Crippen LogP) is 4.28. The standard InChI is InChI=1S/C20H29N5/c1-5-24(6-2)17-9-10-18(15(3)13-17)23-19-14-20(22-16(4)21-19)25-11-7-8-12-25/h9-10,13-14H,5-8,11-12H2,1-4H3,(H,21,22,23). The number of aromatic nitrogens is 2. The van der Waals surface area contributed by atoms with Crippen LogP contribution >= 0.6 is 0 Å². The summed E-state index contributed by atoms with van der Waals surface area (Å²) in [5, 5.41) is 3.48. The van der Waals surface area contributed by atoms with Crippen molar-refractivity contribution in [2.45, 2.75) is 40.5 Å². The van der Waals surface area contributed by atoms with Crippen molar-refractivity contribution in [2.75, 3.05) is 41.3 Å². The first-order chi connectivity index (χ1) is 12.1. The van der Waals surface area contributed by atoms with Crippen LogP contribution in [0.2, 0.25) is 0 Å². The van der Waals surface area contributed by atoms with Gasteiger partial charge in [-0.1, -0.05) is 0 Å². The summed E-state index contributed by atoms with van der Waals surface area (Å²) in [6, 6.07) is 8.63. The molecule has 25 heavy (non-hydrogen) atoms. The quantitative estimate of drug-likeness (QED) is 0.851. The summed E-state index contributed by atoms with van der Waals surface area (Å²) >= 11 is 0. The number of hydrogen-bond donors (Lipinski definition) is 1. The fourth-order valence-electron chi connectivity index (χ4n) is 3.44. The Morgan fingerprint density at radius 1 is 1.04 bits per heavy atom. The first-order valence-electron chi connectivity index (χ1n) is 9.34. The largest absolute Gasteiger partial charge is 0.372 e. The van der Waals surface area contributed by atoms with Gasteiger partial charge in [0, 0.05) is 43.6 Å². The lowest BCUT2D eigenvalue weighted by Crippen LogP contribution is -2.21. The second kappa shape index (κ2) is 7.72. The molecule has 5 nitrogen and oxygen atoms in total. The maximum absolute atomic E-state index is 4.61. The van der Waals surface area contributed by atoms with E-state index >= 15 is 0 Å². The molecule has 1 fully saturated rings. The zero-order valence-corrected chi connectivity index (χ0v) is 15.8. The van der Waals surface area contributed by atoms with E-state index in [0.717, 1.165) is 49.3 Å². The Bertz CT molecular complexity index is 718. The van der Waals surface area contributed by atoms with Crippen LogP contribution < -0.4 is 15.1 Å². The van der Waals surface area contributed by atoms with Gasteiger partial charge in [0.25, 0.3) is 0 Å². The topological polar surface area (TPSA) is 44.3 Å². The van der Waals surface area contributed by atoms with Crippen molar-refractivity contribution < 1.29 is 0 Å². The molecule has 1 aromatic carbocycles.